The number of ether oxygens (including phenoxy) is 2. The second kappa shape index (κ2) is 7.61. The van der Waals surface area contributed by atoms with Gasteiger partial charge in [0, 0.05) is 11.8 Å². The lowest BCUT2D eigenvalue weighted by atomic mass is 10.1. The van der Waals surface area contributed by atoms with Crippen molar-refractivity contribution >= 4 is 27.5 Å². The molecule has 6 nitrogen and oxygen atoms in total. The Bertz CT molecular complexity index is 735. The van der Waals surface area contributed by atoms with E-state index in [9.17, 15) is 13.6 Å². The number of halogens is 3. The van der Waals surface area contributed by atoms with E-state index in [1.807, 2.05) is 13.8 Å². The van der Waals surface area contributed by atoms with Crippen LogP contribution in [0.15, 0.2) is 22.7 Å². The summed E-state index contributed by atoms with van der Waals surface area (Å²) in [4.78, 5) is 12.3. The van der Waals surface area contributed by atoms with Crippen molar-refractivity contribution in [2.45, 2.75) is 26.4 Å². The molecule has 0 spiro atoms. The number of anilines is 1. The van der Waals surface area contributed by atoms with Crippen molar-refractivity contribution in [3.05, 3.63) is 34.1 Å². The van der Waals surface area contributed by atoms with Crippen molar-refractivity contribution in [3.8, 4) is 11.5 Å². The molecule has 0 unspecified atom stereocenters. The third-order valence-electron chi connectivity index (χ3n) is 3.16. The maximum atomic E-state index is 12.4. The van der Waals surface area contributed by atoms with E-state index in [1.54, 1.807) is 0 Å². The SMILES string of the molecule is COc1ccc(NC(=O)c2n[nH]c(C(C)C)c2Br)cc1OC(F)F. The minimum Gasteiger partial charge on any atom is -0.493 e. The fourth-order valence-corrected chi connectivity index (χ4v) is 2.82. The number of alkyl halides is 2. The van der Waals surface area contributed by atoms with E-state index in [2.05, 4.69) is 36.2 Å². The van der Waals surface area contributed by atoms with Gasteiger partial charge in [-0.2, -0.15) is 13.9 Å². The molecule has 1 heterocycles. The van der Waals surface area contributed by atoms with E-state index >= 15 is 0 Å². The average Bonchev–Trinajstić information content (AvgIpc) is 2.89. The number of hydrogen-bond acceptors (Lipinski definition) is 4. The molecule has 2 N–H and O–H groups in total. The summed E-state index contributed by atoms with van der Waals surface area (Å²) in [6.45, 7) is 0.910. The minimum atomic E-state index is -3.00. The van der Waals surface area contributed by atoms with Crippen LogP contribution in [0.4, 0.5) is 14.5 Å². The van der Waals surface area contributed by atoms with Crippen LogP contribution in [0.1, 0.15) is 35.9 Å². The van der Waals surface area contributed by atoms with Gasteiger partial charge in [-0.05, 0) is 34.0 Å². The quantitative estimate of drug-likeness (QED) is 0.758. The number of nitrogens with zero attached hydrogens (tertiary/aromatic N) is 1. The summed E-state index contributed by atoms with van der Waals surface area (Å²) in [5, 5.41) is 9.36. The van der Waals surface area contributed by atoms with Gasteiger partial charge in [0.1, 0.15) is 0 Å². The van der Waals surface area contributed by atoms with Gasteiger partial charge in [0.2, 0.25) is 0 Å². The summed E-state index contributed by atoms with van der Waals surface area (Å²) in [7, 11) is 1.33. The first-order valence-electron chi connectivity index (χ1n) is 7.01. The molecule has 1 aromatic heterocycles. The van der Waals surface area contributed by atoms with E-state index < -0.39 is 12.5 Å². The number of carbonyl (C=O) groups excluding carboxylic acids is 1. The maximum absolute atomic E-state index is 12.4. The van der Waals surface area contributed by atoms with Crippen molar-refractivity contribution in [1.82, 2.24) is 10.2 Å². The molecule has 2 rings (SSSR count). The molecule has 2 aromatic rings. The van der Waals surface area contributed by atoms with Crippen molar-refractivity contribution in [1.29, 1.82) is 0 Å². The van der Waals surface area contributed by atoms with Gasteiger partial charge in [0.15, 0.2) is 17.2 Å². The zero-order valence-corrected chi connectivity index (χ0v) is 14.8. The van der Waals surface area contributed by atoms with Crippen LogP contribution in [0.5, 0.6) is 11.5 Å². The zero-order chi connectivity index (χ0) is 17.9. The Morgan fingerprint density at radius 3 is 2.58 bits per heavy atom. The van der Waals surface area contributed by atoms with Crippen molar-refractivity contribution in [3.63, 3.8) is 0 Å². The summed E-state index contributed by atoms with van der Waals surface area (Å²) in [6, 6.07) is 4.19. The van der Waals surface area contributed by atoms with Crippen LogP contribution < -0.4 is 14.8 Å². The first-order chi connectivity index (χ1) is 11.3. The molecular weight excluding hydrogens is 388 g/mol. The van der Waals surface area contributed by atoms with Crippen molar-refractivity contribution in [2.24, 2.45) is 0 Å². The molecule has 0 bridgehead atoms. The number of carbonyl (C=O) groups is 1. The van der Waals surface area contributed by atoms with Crippen LogP contribution in [0.2, 0.25) is 0 Å². The van der Waals surface area contributed by atoms with Crippen LogP contribution in [0.25, 0.3) is 0 Å². The third kappa shape index (κ3) is 4.02. The monoisotopic (exact) mass is 403 g/mol. The van der Waals surface area contributed by atoms with Gasteiger partial charge in [0.05, 0.1) is 17.3 Å². The molecule has 0 aliphatic carbocycles. The largest absolute Gasteiger partial charge is 0.493 e. The van der Waals surface area contributed by atoms with Gasteiger partial charge in [-0.1, -0.05) is 13.8 Å². The Balaban J connectivity index is 2.23. The summed E-state index contributed by atoms with van der Waals surface area (Å²) < 4.78 is 34.8. The molecule has 0 aliphatic rings. The van der Waals surface area contributed by atoms with E-state index in [0.717, 1.165) is 5.69 Å². The lowest BCUT2D eigenvalue weighted by Crippen LogP contribution is -2.13. The number of aromatic amines is 1. The van der Waals surface area contributed by atoms with E-state index in [1.165, 1.54) is 25.3 Å². The maximum Gasteiger partial charge on any atom is 0.387 e. The highest BCUT2D eigenvalue weighted by molar-refractivity contribution is 9.10. The van der Waals surface area contributed by atoms with Crippen LogP contribution in [-0.2, 0) is 0 Å². The number of aromatic nitrogens is 2. The van der Waals surface area contributed by atoms with Crippen LogP contribution in [0.3, 0.4) is 0 Å². The molecule has 0 radical (unpaired) electrons. The topological polar surface area (TPSA) is 76.2 Å². The number of rotatable bonds is 6. The summed E-state index contributed by atoms with van der Waals surface area (Å²) >= 11 is 3.34. The van der Waals surface area contributed by atoms with Crippen molar-refractivity contribution in [2.75, 3.05) is 12.4 Å². The van der Waals surface area contributed by atoms with Crippen LogP contribution in [-0.4, -0.2) is 29.8 Å². The number of amides is 1. The normalized spacial score (nSPS) is 11.0. The molecule has 1 amide bonds. The Morgan fingerprint density at radius 1 is 1.33 bits per heavy atom. The van der Waals surface area contributed by atoms with Gasteiger partial charge in [-0.3, -0.25) is 9.89 Å². The average molecular weight is 404 g/mol. The Hall–Kier alpha value is -2.16. The second-order valence-corrected chi connectivity index (χ2v) is 5.95. The first-order valence-corrected chi connectivity index (χ1v) is 7.80. The third-order valence-corrected chi connectivity index (χ3v) is 3.97. The lowest BCUT2D eigenvalue weighted by molar-refractivity contribution is -0.0511. The molecular formula is C15H16BrF2N3O3. The fraction of sp³-hybridized carbons (Fsp3) is 0.333. The standard InChI is InChI=1S/C15H16BrF2N3O3/c1-7(2)12-11(16)13(21-20-12)14(22)19-8-4-5-9(23-3)10(6-8)24-15(17)18/h4-7,15H,1-3H3,(H,19,22)(H,20,21). The molecule has 0 fully saturated rings. The van der Waals surface area contributed by atoms with Gasteiger partial charge in [0.25, 0.3) is 5.91 Å². The van der Waals surface area contributed by atoms with E-state index in [-0.39, 0.29) is 28.8 Å². The smallest absolute Gasteiger partial charge is 0.387 e. The number of nitrogens with one attached hydrogen (secondary N) is 2. The Kier molecular flexibility index (Phi) is 5.76. The highest BCUT2D eigenvalue weighted by Crippen LogP contribution is 2.32. The molecule has 130 valence electrons. The van der Waals surface area contributed by atoms with Crippen LogP contribution in [0, 0.1) is 0 Å². The molecule has 0 saturated heterocycles. The fourth-order valence-electron chi connectivity index (χ4n) is 2.01. The summed E-state index contributed by atoms with van der Waals surface area (Å²) in [5.41, 5.74) is 1.24. The predicted molar refractivity (Wildman–Crippen MR) is 88.0 cm³/mol. The summed E-state index contributed by atoms with van der Waals surface area (Å²) in [5.74, 6) is -0.371. The highest BCUT2D eigenvalue weighted by Gasteiger charge is 2.20. The number of hydrogen-bond donors (Lipinski definition) is 2. The first kappa shape index (κ1) is 18.2. The number of H-pyrrole nitrogens is 1. The van der Waals surface area contributed by atoms with Gasteiger partial charge < -0.3 is 14.8 Å². The number of methoxy groups -OCH3 is 1. The molecule has 1 aromatic carbocycles. The molecule has 0 saturated carbocycles. The lowest BCUT2D eigenvalue weighted by Gasteiger charge is -2.12. The van der Waals surface area contributed by atoms with Gasteiger partial charge in [-0.15, -0.1) is 0 Å². The highest BCUT2D eigenvalue weighted by atomic mass is 79.9. The summed E-state index contributed by atoms with van der Waals surface area (Å²) in [6.07, 6.45) is 0. The van der Waals surface area contributed by atoms with Gasteiger partial charge >= 0.3 is 6.61 Å². The predicted octanol–water partition coefficient (Wildman–Crippen LogP) is 4.16. The minimum absolute atomic E-state index is 0.136. The van der Waals surface area contributed by atoms with E-state index in [4.69, 9.17) is 4.74 Å². The van der Waals surface area contributed by atoms with Crippen molar-refractivity contribution < 1.29 is 23.0 Å². The zero-order valence-electron chi connectivity index (χ0n) is 13.2. The second-order valence-electron chi connectivity index (χ2n) is 5.15. The number of benzene rings is 1. The molecule has 24 heavy (non-hydrogen) atoms. The Labute approximate surface area is 145 Å². The van der Waals surface area contributed by atoms with Gasteiger partial charge in [-0.25, -0.2) is 0 Å². The molecule has 0 aliphatic heterocycles. The van der Waals surface area contributed by atoms with E-state index in [0.29, 0.717) is 4.47 Å². The van der Waals surface area contributed by atoms with Crippen LogP contribution >= 0.6 is 15.9 Å². The molecule has 0 atom stereocenters. The Morgan fingerprint density at radius 2 is 2.04 bits per heavy atom. The molecule has 9 heteroatoms.